The first-order valence-electron chi connectivity index (χ1n) is 6.37. The zero-order valence-electron chi connectivity index (χ0n) is 9.92. The number of aromatic nitrogens is 1. The third-order valence-corrected chi connectivity index (χ3v) is 4.13. The molecule has 1 aromatic heterocycles. The van der Waals surface area contributed by atoms with E-state index in [0.29, 0.717) is 17.7 Å². The van der Waals surface area contributed by atoms with Crippen LogP contribution in [0.1, 0.15) is 19.3 Å². The van der Waals surface area contributed by atoms with Gasteiger partial charge in [-0.3, -0.25) is 0 Å². The van der Waals surface area contributed by atoms with Crippen LogP contribution in [0, 0.1) is 11.8 Å². The molecule has 4 heteroatoms. The number of anilines is 2. The Bertz CT molecular complexity index is 392. The molecule has 1 saturated carbocycles. The first-order valence-corrected chi connectivity index (χ1v) is 6.37. The third-order valence-electron chi connectivity index (χ3n) is 4.13. The van der Waals surface area contributed by atoms with E-state index in [4.69, 9.17) is 5.73 Å². The van der Waals surface area contributed by atoms with Crippen LogP contribution in [-0.2, 0) is 0 Å². The SMILES string of the molecule is Nc1ccc(N2C[C@H]3CC[C@@H](C2)C(O)C3)cn1. The predicted octanol–water partition coefficient (Wildman–Crippen LogP) is 1.26. The van der Waals surface area contributed by atoms with Crippen molar-refractivity contribution in [3.8, 4) is 0 Å². The molecule has 4 nitrogen and oxygen atoms in total. The van der Waals surface area contributed by atoms with Crippen LogP contribution < -0.4 is 10.6 Å². The second-order valence-corrected chi connectivity index (χ2v) is 5.35. The molecule has 0 spiro atoms. The predicted molar refractivity (Wildman–Crippen MR) is 67.7 cm³/mol. The van der Waals surface area contributed by atoms with Crippen LogP contribution in [0.25, 0.3) is 0 Å². The van der Waals surface area contributed by atoms with E-state index in [9.17, 15) is 5.11 Å². The molecule has 0 radical (unpaired) electrons. The highest BCUT2D eigenvalue weighted by molar-refractivity contribution is 5.48. The Morgan fingerprint density at radius 1 is 1.29 bits per heavy atom. The molecule has 3 atom stereocenters. The Labute approximate surface area is 101 Å². The number of hydrogen-bond acceptors (Lipinski definition) is 4. The van der Waals surface area contributed by atoms with Crippen LogP contribution in [0.3, 0.4) is 0 Å². The van der Waals surface area contributed by atoms with Gasteiger partial charge in [-0.1, -0.05) is 0 Å². The molecule has 0 amide bonds. The van der Waals surface area contributed by atoms with Crippen LogP contribution in [-0.4, -0.2) is 29.3 Å². The molecule has 4 rings (SSSR count). The molecule has 92 valence electrons. The van der Waals surface area contributed by atoms with Crippen molar-refractivity contribution in [3.05, 3.63) is 18.3 Å². The Hall–Kier alpha value is -1.29. The number of aliphatic hydroxyl groups is 1. The summed E-state index contributed by atoms with van der Waals surface area (Å²) >= 11 is 0. The van der Waals surface area contributed by atoms with Crippen molar-refractivity contribution in [2.45, 2.75) is 25.4 Å². The van der Waals surface area contributed by atoms with E-state index in [1.54, 1.807) is 0 Å². The number of hydrogen-bond donors (Lipinski definition) is 2. The van der Waals surface area contributed by atoms with Crippen LogP contribution in [0.2, 0.25) is 0 Å². The van der Waals surface area contributed by atoms with E-state index in [1.165, 1.54) is 6.42 Å². The lowest BCUT2D eigenvalue weighted by atomic mass is 9.82. The van der Waals surface area contributed by atoms with Gasteiger partial charge in [0.2, 0.25) is 0 Å². The molecule has 2 saturated heterocycles. The minimum Gasteiger partial charge on any atom is -0.393 e. The maximum absolute atomic E-state index is 10.0. The number of pyridine rings is 1. The van der Waals surface area contributed by atoms with Gasteiger partial charge < -0.3 is 15.7 Å². The fourth-order valence-corrected chi connectivity index (χ4v) is 3.14. The van der Waals surface area contributed by atoms with Crippen molar-refractivity contribution < 1.29 is 5.11 Å². The Morgan fingerprint density at radius 2 is 2.18 bits per heavy atom. The maximum atomic E-state index is 10.0. The zero-order chi connectivity index (χ0) is 11.8. The lowest BCUT2D eigenvalue weighted by Gasteiger charge is -2.27. The standard InChI is InChI=1S/C13H19N3O/c14-13-4-3-11(6-15-13)16-7-9-1-2-10(8-16)12(17)5-9/h3-4,6,9-10,12,17H,1-2,5,7-8H2,(H2,14,15)/t9-,10-,12?/m0/s1. The molecule has 0 aromatic carbocycles. The van der Waals surface area contributed by atoms with Crippen LogP contribution in [0.5, 0.6) is 0 Å². The van der Waals surface area contributed by atoms with Crippen molar-refractivity contribution in [1.29, 1.82) is 0 Å². The van der Waals surface area contributed by atoms with Crippen molar-refractivity contribution in [3.63, 3.8) is 0 Å². The summed E-state index contributed by atoms with van der Waals surface area (Å²) in [5, 5.41) is 10.0. The van der Waals surface area contributed by atoms with E-state index in [-0.39, 0.29) is 6.10 Å². The number of nitrogen functional groups attached to an aromatic ring is 1. The largest absolute Gasteiger partial charge is 0.393 e. The molecule has 1 aliphatic carbocycles. The highest BCUT2D eigenvalue weighted by atomic mass is 16.3. The molecule has 3 fully saturated rings. The van der Waals surface area contributed by atoms with Gasteiger partial charge >= 0.3 is 0 Å². The molecule has 17 heavy (non-hydrogen) atoms. The Morgan fingerprint density at radius 3 is 2.88 bits per heavy atom. The molecule has 3 heterocycles. The van der Waals surface area contributed by atoms with Gasteiger partial charge in [-0.25, -0.2) is 4.98 Å². The average Bonchev–Trinajstić information content (AvgIpc) is 2.61. The molecular weight excluding hydrogens is 214 g/mol. The fraction of sp³-hybridized carbons (Fsp3) is 0.615. The summed E-state index contributed by atoms with van der Waals surface area (Å²) in [5.74, 6) is 1.61. The maximum Gasteiger partial charge on any atom is 0.123 e. The summed E-state index contributed by atoms with van der Waals surface area (Å²) in [6.07, 6.45) is 5.10. The number of nitrogens with two attached hydrogens (primary N) is 1. The molecule has 1 aromatic rings. The highest BCUT2D eigenvalue weighted by Gasteiger charge is 2.35. The molecule has 2 bridgehead atoms. The van der Waals surface area contributed by atoms with Crippen LogP contribution in [0.4, 0.5) is 11.5 Å². The fourth-order valence-electron chi connectivity index (χ4n) is 3.14. The van der Waals surface area contributed by atoms with Gasteiger partial charge in [-0.05, 0) is 37.3 Å². The van der Waals surface area contributed by atoms with E-state index in [1.807, 2.05) is 18.3 Å². The van der Waals surface area contributed by atoms with Gasteiger partial charge in [0.05, 0.1) is 18.0 Å². The quantitative estimate of drug-likeness (QED) is 0.766. The first kappa shape index (κ1) is 10.8. The van der Waals surface area contributed by atoms with E-state index >= 15 is 0 Å². The summed E-state index contributed by atoms with van der Waals surface area (Å²) in [5.41, 5.74) is 6.74. The van der Waals surface area contributed by atoms with Gasteiger partial charge in [-0.15, -0.1) is 0 Å². The molecule has 2 aliphatic heterocycles. The van der Waals surface area contributed by atoms with Crippen molar-refractivity contribution >= 4 is 11.5 Å². The average molecular weight is 233 g/mol. The lowest BCUT2D eigenvalue weighted by Crippen LogP contribution is -2.31. The lowest BCUT2D eigenvalue weighted by molar-refractivity contribution is 0.0637. The summed E-state index contributed by atoms with van der Waals surface area (Å²) < 4.78 is 0. The van der Waals surface area contributed by atoms with Gasteiger partial charge in [0.25, 0.3) is 0 Å². The molecule has 3 N–H and O–H groups in total. The first-order chi connectivity index (χ1) is 8.22. The normalized spacial score (nSPS) is 32.5. The second kappa shape index (κ2) is 4.18. The zero-order valence-corrected chi connectivity index (χ0v) is 9.92. The topological polar surface area (TPSA) is 62.4 Å². The van der Waals surface area contributed by atoms with Gasteiger partial charge in [0, 0.05) is 19.0 Å². The molecule has 3 aliphatic rings. The van der Waals surface area contributed by atoms with Gasteiger partial charge in [0.15, 0.2) is 0 Å². The van der Waals surface area contributed by atoms with E-state index < -0.39 is 0 Å². The van der Waals surface area contributed by atoms with Crippen molar-refractivity contribution in [2.24, 2.45) is 11.8 Å². The smallest absolute Gasteiger partial charge is 0.123 e. The van der Waals surface area contributed by atoms with Crippen molar-refractivity contribution in [2.75, 3.05) is 23.7 Å². The summed E-state index contributed by atoms with van der Waals surface area (Å²) in [6, 6.07) is 3.87. The minimum absolute atomic E-state index is 0.111. The van der Waals surface area contributed by atoms with Crippen molar-refractivity contribution in [1.82, 2.24) is 4.98 Å². The summed E-state index contributed by atoms with van der Waals surface area (Å²) in [4.78, 5) is 6.50. The van der Waals surface area contributed by atoms with Gasteiger partial charge in [-0.2, -0.15) is 0 Å². The summed E-state index contributed by atoms with van der Waals surface area (Å²) in [6.45, 7) is 1.99. The Kier molecular flexibility index (Phi) is 2.67. The van der Waals surface area contributed by atoms with E-state index in [2.05, 4.69) is 9.88 Å². The molecule has 1 unspecified atom stereocenters. The van der Waals surface area contributed by atoms with Gasteiger partial charge in [0.1, 0.15) is 5.82 Å². The van der Waals surface area contributed by atoms with Crippen LogP contribution in [0.15, 0.2) is 18.3 Å². The monoisotopic (exact) mass is 233 g/mol. The third kappa shape index (κ3) is 2.09. The number of fused-ring (bicyclic) bond motifs is 4. The number of nitrogens with zero attached hydrogens (tertiary/aromatic N) is 2. The van der Waals surface area contributed by atoms with Crippen LogP contribution >= 0.6 is 0 Å². The van der Waals surface area contributed by atoms with E-state index in [0.717, 1.165) is 31.6 Å². The number of rotatable bonds is 1. The Balaban J connectivity index is 1.82. The highest BCUT2D eigenvalue weighted by Crippen LogP contribution is 2.35. The molecular formula is C13H19N3O. The minimum atomic E-state index is -0.111. The summed E-state index contributed by atoms with van der Waals surface area (Å²) in [7, 11) is 0. The number of aliphatic hydroxyl groups excluding tert-OH is 1. The second-order valence-electron chi connectivity index (χ2n) is 5.35.